The Hall–Kier alpha value is -2.88. The van der Waals surface area contributed by atoms with Crippen LogP contribution in [0.1, 0.15) is 63.0 Å². The Bertz CT molecular complexity index is 1080. The SMILES string of the molecule is CCCCn1c(C)c(C(=O)OCC)c2cc(OCC(=O)N/N=C(/C)CC(=O)OCC)c(Br)cc21. The summed E-state index contributed by atoms with van der Waals surface area (Å²) >= 11 is 3.51. The average molecular weight is 538 g/mol. The van der Waals surface area contributed by atoms with Crippen molar-refractivity contribution in [2.75, 3.05) is 19.8 Å². The summed E-state index contributed by atoms with van der Waals surface area (Å²) in [4.78, 5) is 36.4. The van der Waals surface area contributed by atoms with Crippen LogP contribution in [0.25, 0.3) is 10.9 Å². The van der Waals surface area contributed by atoms with Crippen LogP contribution < -0.4 is 10.2 Å². The maximum absolute atomic E-state index is 12.7. The monoisotopic (exact) mass is 537 g/mol. The third-order valence-corrected chi connectivity index (χ3v) is 5.65. The van der Waals surface area contributed by atoms with Crippen molar-refractivity contribution < 1.29 is 28.6 Å². The van der Waals surface area contributed by atoms with Crippen LogP contribution in [0.5, 0.6) is 5.75 Å². The number of carbonyl (C=O) groups is 3. The van der Waals surface area contributed by atoms with E-state index >= 15 is 0 Å². The fourth-order valence-electron chi connectivity index (χ4n) is 3.45. The van der Waals surface area contributed by atoms with Crippen molar-refractivity contribution in [2.24, 2.45) is 5.10 Å². The lowest BCUT2D eigenvalue weighted by Gasteiger charge is -2.10. The van der Waals surface area contributed by atoms with Gasteiger partial charge in [-0.05, 0) is 62.2 Å². The fourth-order valence-corrected chi connectivity index (χ4v) is 3.89. The third-order valence-electron chi connectivity index (χ3n) is 5.03. The molecule has 0 bridgehead atoms. The van der Waals surface area contributed by atoms with E-state index in [9.17, 15) is 14.4 Å². The summed E-state index contributed by atoms with van der Waals surface area (Å²) < 4.78 is 18.6. The van der Waals surface area contributed by atoms with Gasteiger partial charge in [0.1, 0.15) is 5.75 Å². The summed E-state index contributed by atoms with van der Waals surface area (Å²) in [5.41, 5.74) is 4.99. The summed E-state index contributed by atoms with van der Waals surface area (Å²) in [5, 5.41) is 4.59. The number of esters is 2. The second kappa shape index (κ2) is 13.1. The van der Waals surface area contributed by atoms with Crippen LogP contribution >= 0.6 is 15.9 Å². The van der Waals surface area contributed by atoms with E-state index in [0.717, 1.165) is 30.6 Å². The number of nitrogens with zero attached hydrogens (tertiary/aromatic N) is 2. The van der Waals surface area contributed by atoms with Gasteiger partial charge in [0.25, 0.3) is 5.91 Å². The summed E-state index contributed by atoms with van der Waals surface area (Å²) in [6.07, 6.45) is 1.98. The lowest BCUT2D eigenvalue weighted by Crippen LogP contribution is -2.26. The van der Waals surface area contributed by atoms with Gasteiger partial charge in [0.15, 0.2) is 6.61 Å². The zero-order valence-corrected chi connectivity index (χ0v) is 21.9. The van der Waals surface area contributed by atoms with Gasteiger partial charge in [0.05, 0.1) is 35.2 Å². The Balaban J connectivity index is 2.23. The van der Waals surface area contributed by atoms with E-state index < -0.39 is 17.8 Å². The van der Waals surface area contributed by atoms with E-state index in [2.05, 4.69) is 37.9 Å². The first-order valence-electron chi connectivity index (χ1n) is 11.3. The van der Waals surface area contributed by atoms with E-state index in [0.29, 0.717) is 26.9 Å². The molecule has 0 aliphatic heterocycles. The lowest BCUT2D eigenvalue weighted by atomic mass is 10.1. The van der Waals surface area contributed by atoms with Gasteiger partial charge in [0.2, 0.25) is 0 Å². The largest absolute Gasteiger partial charge is 0.482 e. The Morgan fingerprint density at radius 1 is 1.12 bits per heavy atom. The van der Waals surface area contributed by atoms with E-state index in [4.69, 9.17) is 14.2 Å². The molecule has 0 saturated carbocycles. The number of rotatable bonds is 12. The zero-order chi connectivity index (χ0) is 25.3. The van der Waals surface area contributed by atoms with Crippen LogP contribution in [0.3, 0.4) is 0 Å². The molecule has 2 rings (SSSR count). The topological polar surface area (TPSA) is 108 Å². The molecule has 0 unspecified atom stereocenters. The Kier molecular flexibility index (Phi) is 10.6. The summed E-state index contributed by atoms with van der Waals surface area (Å²) in [7, 11) is 0. The molecule has 186 valence electrons. The highest BCUT2D eigenvalue weighted by atomic mass is 79.9. The van der Waals surface area contributed by atoms with Crippen molar-refractivity contribution in [2.45, 2.75) is 60.4 Å². The number of amides is 1. The van der Waals surface area contributed by atoms with Crippen molar-refractivity contribution in [3.8, 4) is 5.75 Å². The van der Waals surface area contributed by atoms with Crippen LogP contribution in [0.15, 0.2) is 21.7 Å². The molecule has 9 nitrogen and oxygen atoms in total. The summed E-state index contributed by atoms with van der Waals surface area (Å²) in [6.45, 7) is 10.1. The second-order valence-electron chi connectivity index (χ2n) is 7.64. The summed E-state index contributed by atoms with van der Waals surface area (Å²) in [5.74, 6) is -0.881. The third kappa shape index (κ3) is 7.06. The Labute approximate surface area is 207 Å². The molecule has 0 aliphatic carbocycles. The number of unbranched alkanes of at least 4 members (excludes halogenated alkanes) is 1. The number of nitrogens with one attached hydrogen (secondary N) is 1. The predicted octanol–water partition coefficient (Wildman–Crippen LogP) is 4.51. The molecule has 0 saturated heterocycles. The predicted molar refractivity (Wildman–Crippen MR) is 133 cm³/mol. The molecule has 1 amide bonds. The lowest BCUT2D eigenvalue weighted by molar-refractivity contribution is -0.141. The molecular formula is C24H32BrN3O6. The van der Waals surface area contributed by atoms with Gasteiger partial charge in [-0.2, -0.15) is 5.10 Å². The maximum atomic E-state index is 12.7. The molecule has 0 radical (unpaired) electrons. The molecule has 0 fully saturated rings. The number of fused-ring (bicyclic) bond motifs is 1. The molecule has 2 aromatic rings. The number of carbonyl (C=O) groups excluding carboxylic acids is 3. The molecule has 10 heteroatoms. The standard InChI is InChI=1S/C24H32BrN3O6/c1-6-9-10-28-16(5)23(24(31)33-8-3)17-12-20(18(25)13-19(17)28)34-14-21(29)27-26-15(4)11-22(30)32-7-2/h12-13H,6-11,14H2,1-5H3,(H,27,29)/b26-15-. The van der Waals surface area contributed by atoms with Crippen molar-refractivity contribution in [1.29, 1.82) is 0 Å². The number of aryl methyl sites for hydroxylation is 1. The number of hydrazone groups is 1. The number of hydrogen-bond acceptors (Lipinski definition) is 7. The van der Waals surface area contributed by atoms with Crippen LogP contribution in [0.2, 0.25) is 0 Å². The zero-order valence-electron chi connectivity index (χ0n) is 20.3. The molecule has 1 aromatic heterocycles. The number of benzene rings is 1. The van der Waals surface area contributed by atoms with Gasteiger partial charge in [-0.3, -0.25) is 9.59 Å². The minimum atomic E-state index is -0.488. The van der Waals surface area contributed by atoms with Gasteiger partial charge < -0.3 is 18.8 Å². The number of hydrogen-bond donors (Lipinski definition) is 1. The molecule has 0 spiro atoms. The van der Waals surface area contributed by atoms with Gasteiger partial charge >= 0.3 is 11.9 Å². The highest BCUT2D eigenvalue weighted by molar-refractivity contribution is 9.10. The molecule has 1 N–H and O–H groups in total. The maximum Gasteiger partial charge on any atom is 0.340 e. The number of ether oxygens (including phenoxy) is 3. The van der Waals surface area contributed by atoms with Gasteiger partial charge in [-0.1, -0.05) is 13.3 Å². The van der Waals surface area contributed by atoms with Crippen molar-refractivity contribution in [3.05, 3.63) is 27.9 Å². The van der Waals surface area contributed by atoms with Crippen molar-refractivity contribution in [1.82, 2.24) is 9.99 Å². The normalized spacial score (nSPS) is 11.4. The number of halogens is 1. The van der Waals surface area contributed by atoms with E-state index in [-0.39, 0.29) is 26.2 Å². The average Bonchev–Trinajstić information content (AvgIpc) is 3.04. The van der Waals surface area contributed by atoms with Crippen molar-refractivity contribution >= 4 is 50.4 Å². The number of aromatic nitrogens is 1. The molecule has 0 aliphatic rings. The molecule has 1 heterocycles. The van der Waals surface area contributed by atoms with Crippen molar-refractivity contribution in [3.63, 3.8) is 0 Å². The van der Waals surface area contributed by atoms with Crippen LogP contribution in [-0.2, 0) is 25.6 Å². The van der Waals surface area contributed by atoms with Crippen LogP contribution in [0.4, 0.5) is 0 Å². The Morgan fingerprint density at radius 2 is 1.82 bits per heavy atom. The molecule has 0 atom stereocenters. The van der Waals surface area contributed by atoms with E-state index in [1.165, 1.54) is 0 Å². The highest BCUT2D eigenvalue weighted by Gasteiger charge is 2.23. The molecule has 34 heavy (non-hydrogen) atoms. The first kappa shape index (κ1) is 27.4. The van der Waals surface area contributed by atoms with E-state index in [1.54, 1.807) is 26.8 Å². The van der Waals surface area contributed by atoms with E-state index in [1.807, 2.05) is 13.0 Å². The molecule has 1 aromatic carbocycles. The first-order valence-corrected chi connectivity index (χ1v) is 12.1. The van der Waals surface area contributed by atoms with Crippen LogP contribution in [0, 0.1) is 6.92 Å². The van der Waals surface area contributed by atoms with Gasteiger partial charge in [-0.25, -0.2) is 10.2 Å². The minimum Gasteiger partial charge on any atom is -0.482 e. The minimum absolute atomic E-state index is 0.0117. The summed E-state index contributed by atoms with van der Waals surface area (Å²) in [6, 6.07) is 3.62. The van der Waals surface area contributed by atoms with Gasteiger partial charge in [0, 0.05) is 23.3 Å². The first-order chi connectivity index (χ1) is 16.2. The van der Waals surface area contributed by atoms with Crippen LogP contribution in [-0.4, -0.2) is 47.9 Å². The fraction of sp³-hybridized carbons (Fsp3) is 0.500. The van der Waals surface area contributed by atoms with Gasteiger partial charge in [-0.15, -0.1) is 0 Å². The smallest absolute Gasteiger partial charge is 0.340 e. The Morgan fingerprint density at radius 3 is 2.47 bits per heavy atom. The second-order valence-corrected chi connectivity index (χ2v) is 8.49. The molecular weight excluding hydrogens is 506 g/mol. The highest BCUT2D eigenvalue weighted by Crippen LogP contribution is 2.35. The quantitative estimate of drug-likeness (QED) is 0.242.